The number of esters is 1. The van der Waals surface area contributed by atoms with Crippen LogP contribution in [0.4, 0.5) is 34.1 Å². The lowest BCUT2D eigenvalue weighted by Crippen LogP contribution is -2.27. The third-order valence-electron chi connectivity index (χ3n) is 5.94. The molecular weight excluding hydrogens is 574 g/mol. The summed E-state index contributed by atoms with van der Waals surface area (Å²) in [6, 6.07) is 16.2. The van der Waals surface area contributed by atoms with E-state index in [0.29, 0.717) is 23.9 Å². The minimum atomic E-state index is -0.915. The summed E-state index contributed by atoms with van der Waals surface area (Å²) in [5, 5.41) is 42.5. The molecule has 0 fully saturated rings. The number of rotatable bonds is 13. The average Bonchev–Trinajstić information content (AvgIpc) is 2.99. The van der Waals surface area contributed by atoms with Gasteiger partial charge < -0.3 is 15.0 Å². The molecule has 0 heterocycles. The van der Waals surface area contributed by atoms with Gasteiger partial charge in [0.2, 0.25) is 5.91 Å². The zero-order chi connectivity index (χ0) is 31.5. The van der Waals surface area contributed by atoms with E-state index < -0.39 is 44.3 Å². The molecule has 3 rings (SSSR count). The smallest absolute Gasteiger partial charge is 0.308 e. The first-order valence-corrected chi connectivity index (χ1v) is 12.7. The molecule has 228 valence electrons. The molecule has 0 aliphatic heterocycles. The quantitative estimate of drug-likeness (QED) is 0.0788. The van der Waals surface area contributed by atoms with Crippen molar-refractivity contribution in [1.82, 2.24) is 0 Å². The molecule has 0 aliphatic rings. The van der Waals surface area contributed by atoms with E-state index >= 15 is 0 Å². The Kier molecular flexibility index (Phi) is 12.3. The number of hydrogen-bond donors (Lipinski definition) is 1. The summed E-state index contributed by atoms with van der Waals surface area (Å²) in [6.45, 7) is 3.38. The first-order valence-electron chi connectivity index (χ1n) is 12.7. The number of nitro benzene ring substituents is 2. The van der Waals surface area contributed by atoms with Gasteiger partial charge in [0, 0.05) is 37.3 Å². The predicted octanol–water partition coefficient (Wildman–Crippen LogP) is 6.03. The van der Waals surface area contributed by atoms with E-state index in [1.165, 1.54) is 13.0 Å². The summed E-state index contributed by atoms with van der Waals surface area (Å²) >= 11 is 0. The number of carbonyl (C=O) groups is 3. The molecular formula is C29H29N7O8. The molecule has 0 bridgehead atoms. The lowest BCUT2D eigenvalue weighted by atomic mass is 10.1. The van der Waals surface area contributed by atoms with Crippen molar-refractivity contribution in [3.05, 3.63) is 92.0 Å². The predicted molar refractivity (Wildman–Crippen MR) is 160 cm³/mol. The Balaban J connectivity index is 0.00000675. The van der Waals surface area contributed by atoms with Crippen molar-refractivity contribution in [1.29, 1.82) is 5.26 Å². The molecule has 3 aromatic carbocycles. The van der Waals surface area contributed by atoms with Crippen LogP contribution in [0.1, 0.15) is 43.6 Å². The van der Waals surface area contributed by atoms with Crippen molar-refractivity contribution in [2.45, 2.75) is 27.7 Å². The Hall–Kier alpha value is -6.04. The maximum absolute atomic E-state index is 12.3. The third kappa shape index (κ3) is 8.98. The van der Waals surface area contributed by atoms with E-state index in [-0.39, 0.29) is 44.2 Å². The highest BCUT2D eigenvalue weighted by Crippen LogP contribution is 2.38. The minimum Gasteiger partial charge on any atom is -0.457 e. The van der Waals surface area contributed by atoms with Crippen molar-refractivity contribution < 1.29 is 29.0 Å². The molecule has 3 aromatic rings. The third-order valence-corrected chi connectivity index (χ3v) is 5.94. The number of ketones is 1. The van der Waals surface area contributed by atoms with E-state index in [4.69, 9.17) is 4.74 Å². The number of ether oxygens (including phenoxy) is 1. The van der Waals surface area contributed by atoms with Crippen LogP contribution in [0.15, 0.2) is 70.9 Å². The normalized spacial score (nSPS) is 10.3. The molecule has 0 atom stereocenters. The SMILES string of the molecule is C.CCN(CCC(=O)OCC(=O)c1ccccc1)c1ccc(N=Nc2c(C#N)cc([N+](=O)[O-])cc2[N+](=O)[O-])c(NC(C)=O)c1. The van der Waals surface area contributed by atoms with Crippen LogP contribution in [0.25, 0.3) is 0 Å². The molecule has 0 saturated heterocycles. The summed E-state index contributed by atoms with van der Waals surface area (Å²) in [5.74, 6) is -1.36. The number of nitrogens with one attached hydrogen (secondary N) is 1. The molecule has 0 spiro atoms. The van der Waals surface area contributed by atoms with Crippen molar-refractivity contribution in [3.63, 3.8) is 0 Å². The number of nitriles is 1. The van der Waals surface area contributed by atoms with E-state index in [2.05, 4.69) is 15.5 Å². The van der Waals surface area contributed by atoms with Gasteiger partial charge in [-0.3, -0.25) is 34.6 Å². The maximum Gasteiger partial charge on any atom is 0.308 e. The first kappa shape index (κ1) is 34.2. The number of nitro groups is 2. The van der Waals surface area contributed by atoms with Crippen LogP contribution in [0, 0.1) is 31.6 Å². The largest absolute Gasteiger partial charge is 0.457 e. The topological polar surface area (TPSA) is 210 Å². The van der Waals surface area contributed by atoms with Crippen LogP contribution >= 0.6 is 0 Å². The Morgan fingerprint density at radius 3 is 2.32 bits per heavy atom. The number of azo groups is 1. The second kappa shape index (κ2) is 15.8. The molecule has 15 nitrogen and oxygen atoms in total. The van der Waals surface area contributed by atoms with Crippen LogP contribution in [0.2, 0.25) is 0 Å². The lowest BCUT2D eigenvalue weighted by Gasteiger charge is -2.23. The number of nitrogens with zero attached hydrogens (tertiary/aromatic N) is 6. The van der Waals surface area contributed by atoms with Gasteiger partial charge in [-0.2, -0.15) is 5.26 Å². The number of anilines is 2. The second-order valence-electron chi connectivity index (χ2n) is 8.85. The first-order chi connectivity index (χ1) is 20.5. The van der Waals surface area contributed by atoms with Gasteiger partial charge >= 0.3 is 11.7 Å². The number of non-ortho nitro benzene ring substituents is 1. The zero-order valence-electron chi connectivity index (χ0n) is 23.1. The molecule has 0 unspecified atom stereocenters. The van der Waals surface area contributed by atoms with Gasteiger partial charge in [-0.25, -0.2) is 0 Å². The summed E-state index contributed by atoms with van der Waals surface area (Å²) in [7, 11) is 0. The number of Topliss-reactive ketones (excluding diaryl/α,β-unsaturated/α-hetero) is 1. The van der Waals surface area contributed by atoms with Gasteiger partial charge in [0.15, 0.2) is 18.1 Å². The van der Waals surface area contributed by atoms with Gasteiger partial charge in [0.25, 0.3) is 5.69 Å². The van der Waals surface area contributed by atoms with Gasteiger partial charge in [0.1, 0.15) is 11.8 Å². The Morgan fingerprint density at radius 1 is 1.02 bits per heavy atom. The summed E-state index contributed by atoms with van der Waals surface area (Å²) in [5.41, 5.74) is -1.11. The van der Waals surface area contributed by atoms with Gasteiger partial charge in [-0.15, -0.1) is 10.2 Å². The van der Waals surface area contributed by atoms with Crippen molar-refractivity contribution in [2.24, 2.45) is 10.2 Å². The summed E-state index contributed by atoms with van der Waals surface area (Å²) in [4.78, 5) is 59.1. The van der Waals surface area contributed by atoms with Crippen LogP contribution in [0.3, 0.4) is 0 Å². The number of amides is 1. The Morgan fingerprint density at radius 2 is 1.73 bits per heavy atom. The van der Waals surface area contributed by atoms with Crippen molar-refractivity contribution in [2.75, 3.05) is 29.9 Å². The molecule has 1 N–H and O–H groups in total. The Labute approximate surface area is 252 Å². The molecule has 0 aliphatic carbocycles. The molecule has 0 aromatic heterocycles. The summed E-state index contributed by atoms with van der Waals surface area (Å²) < 4.78 is 5.12. The van der Waals surface area contributed by atoms with Crippen LogP contribution < -0.4 is 10.2 Å². The lowest BCUT2D eigenvalue weighted by molar-refractivity contribution is -0.393. The molecule has 15 heteroatoms. The number of hydrogen-bond acceptors (Lipinski definition) is 12. The maximum atomic E-state index is 12.3. The zero-order valence-corrected chi connectivity index (χ0v) is 23.1. The van der Waals surface area contributed by atoms with E-state index in [1.54, 1.807) is 48.5 Å². The second-order valence-corrected chi connectivity index (χ2v) is 8.85. The average molecular weight is 604 g/mol. The highest BCUT2D eigenvalue weighted by Gasteiger charge is 2.25. The van der Waals surface area contributed by atoms with Crippen LogP contribution in [-0.2, 0) is 14.3 Å². The fourth-order valence-electron chi connectivity index (χ4n) is 3.86. The number of benzene rings is 3. The fourth-order valence-corrected chi connectivity index (χ4v) is 3.86. The van der Waals surface area contributed by atoms with Crippen LogP contribution in [-0.4, -0.2) is 47.2 Å². The molecule has 44 heavy (non-hydrogen) atoms. The van der Waals surface area contributed by atoms with E-state index in [1.807, 2.05) is 11.8 Å². The highest BCUT2D eigenvalue weighted by molar-refractivity contribution is 5.98. The van der Waals surface area contributed by atoms with Crippen molar-refractivity contribution >= 4 is 51.8 Å². The Bertz CT molecular complexity index is 1630. The van der Waals surface area contributed by atoms with Gasteiger partial charge in [-0.1, -0.05) is 37.8 Å². The summed E-state index contributed by atoms with van der Waals surface area (Å²) in [6.07, 6.45) is -0.0341. The minimum absolute atomic E-state index is 0. The van der Waals surface area contributed by atoms with Gasteiger partial charge in [0.05, 0.1) is 33.6 Å². The van der Waals surface area contributed by atoms with Crippen molar-refractivity contribution in [3.8, 4) is 6.07 Å². The standard InChI is InChI=1S/C28H25N7O8.CH4/c1-3-33(12-11-27(38)43-17-26(37)19-7-5-4-6-8-19)21-9-10-23(24(14-21)30-18(2)36)31-32-28-20(16-29)13-22(34(39)40)15-25(28)35(41)42;/h4-10,13-15H,3,11-12,17H2,1-2H3,(H,30,36);1H4. The number of carbonyl (C=O) groups excluding carboxylic acids is 3. The van der Waals surface area contributed by atoms with E-state index in [9.17, 15) is 39.9 Å². The molecule has 0 radical (unpaired) electrons. The van der Waals surface area contributed by atoms with E-state index in [0.717, 1.165) is 6.07 Å². The monoisotopic (exact) mass is 603 g/mol. The van der Waals surface area contributed by atoms with Crippen LogP contribution in [0.5, 0.6) is 0 Å². The fraction of sp³-hybridized carbons (Fsp3) is 0.241. The van der Waals surface area contributed by atoms with Gasteiger partial charge in [-0.05, 0) is 25.1 Å². The molecule has 1 amide bonds. The molecule has 0 saturated carbocycles. The highest BCUT2D eigenvalue weighted by atomic mass is 16.6.